The minimum atomic E-state index is -3.17. The van der Waals surface area contributed by atoms with Gasteiger partial charge in [0, 0.05) is 36.6 Å². The molecule has 2 heterocycles. The number of aromatic nitrogens is 1. The second kappa shape index (κ2) is 8.50. The molecule has 1 fully saturated rings. The molecular formula is C21H29N3O2S. The van der Waals surface area contributed by atoms with E-state index >= 15 is 0 Å². The lowest BCUT2D eigenvalue weighted by Gasteiger charge is -2.37. The van der Waals surface area contributed by atoms with E-state index in [9.17, 15) is 8.42 Å². The lowest BCUT2D eigenvalue weighted by molar-refractivity contribution is 0.117. The average molecular weight is 388 g/mol. The van der Waals surface area contributed by atoms with Crippen molar-refractivity contribution in [2.75, 3.05) is 19.3 Å². The zero-order chi connectivity index (χ0) is 19.4. The molecule has 0 amide bonds. The first-order valence-electron chi connectivity index (χ1n) is 9.56. The van der Waals surface area contributed by atoms with E-state index in [2.05, 4.69) is 35.1 Å². The summed E-state index contributed by atoms with van der Waals surface area (Å²) in [6.45, 7) is 7.60. The Labute approximate surface area is 162 Å². The van der Waals surface area contributed by atoms with Crippen LogP contribution in [0.1, 0.15) is 32.3 Å². The van der Waals surface area contributed by atoms with Crippen LogP contribution in [0, 0.1) is 0 Å². The van der Waals surface area contributed by atoms with Gasteiger partial charge in [0.25, 0.3) is 0 Å². The standard InChI is InChI=1S/C21H29N3O2S/c1-16(2)24(19-10-12-22-13-11-19)15-17-4-9-21(23-14-17)18-5-7-20(8-6-18)27(3,25)26/h4-9,14,16,19,22H,10-13,15H2,1-3H3. The van der Waals surface area contributed by atoms with Crippen LogP contribution in [0.3, 0.4) is 0 Å². The van der Waals surface area contributed by atoms with E-state index in [1.165, 1.54) is 24.7 Å². The van der Waals surface area contributed by atoms with Crippen molar-refractivity contribution in [3.63, 3.8) is 0 Å². The Balaban J connectivity index is 1.72. The largest absolute Gasteiger partial charge is 0.317 e. The first kappa shape index (κ1) is 20.0. The summed E-state index contributed by atoms with van der Waals surface area (Å²) in [5.74, 6) is 0. The van der Waals surface area contributed by atoms with Gasteiger partial charge in [0.05, 0.1) is 10.6 Å². The monoisotopic (exact) mass is 387 g/mol. The van der Waals surface area contributed by atoms with E-state index in [-0.39, 0.29) is 0 Å². The van der Waals surface area contributed by atoms with Crippen LogP contribution in [0.25, 0.3) is 11.3 Å². The molecule has 1 saturated heterocycles. The summed E-state index contributed by atoms with van der Waals surface area (Å²) in [5, 5.41) is 3.43. The van der Waals surface area contributed by atoms with Crippen molar-refractivity contribution in [3.05, 3.63) is 48.2 Å². The van der Waals surface area contributed by atoms with Gasteiger partial charge in [0.1, 0.15) is 0 Å². The van der Waals surface area contributed by atoms with Crippen LogP contribution in [0.4, 0.5) is 0 Å². The molecule has 0 spiro atoms. The van der Waals surface area contributed by atoms with Gasteiger partial charge < -0.3 is 5.32 Å². The lowest BCUT2D eigenvalue weighted by atomic mass is 10.0. The molecule has 1 aliphatic rings. The third-order valence-electron chi connectivity index (χ3n) is 5.21. The average Bonchev–Trinajstić information content (AvgIpc) is 2.66. The number of sulfone groups is 1. The van der Waals surface area contributed by atoms with Gasteiger partial charge in [-0.1, -0.05) is 18.2 Å². The van der Waals surface area contributed by atoms with Gasteiger partial charge in [-0.05, 0) is 63.5 Å². The fourth-order valence-electron chi connectivity index (χ4n) is 3.64. The van der Waals surface area contributed by atoms with Gasteiger partial charge in [-0.2, -0.15) is 0 Å². The molecule has 1 aromatic carbocycles. The maximum atomic E-state index is 11.6. The van der Waals surface area contributed by atoms with E-state index in [0.29, 0.717) is 17.0 Å². The van der Waals surface area contributed by atoms with E-state index < -0.39 is 9.84 Å². The summed E-state index contributed by atoms with van der Waals surface area (Å²) in [6.07, 6.45) is 5.54. The second-order valence-electron chi connectivity index (χ2n) is 7.60. The van der Waals surface area contributed by atoms with E-state index in [4.69, 9.17) is 0 Å². The number of nitrogens with zero attached hydrogens (tertiary/aromatic N) is 2. The fourth-order valence-corrected chi connectivity index (χ4v) is 4.27. The molecule has 3 rings (SSSR count). The normalized spacial score (nSPS) is 16.2. The maximum Gasteiger partial charge on any atom is 0.175 e. The second-order valence-corrected chi connectivity index (χ2v) is 9.61. The molecular weight excluding hydrogens is 358 g/mol. The Bertz CT molecular complexity index is 840. The van der Waals surface area contributed by atoms with Crippen LogP contribution in [0.5, 0.6) is 0 Å². The third kappa shape index (κ3) is 5.15. The quantitative estimate of drug-likeness (QED) is 0.825. The van der Waals surface area contributed by atoms with Crippen LogP contribution in [-0.4, -0.2) is 49.7 Å². The van der Waals surface area contributed by atoms with E-state index in [1.54, 1.807) is 12.1 Å². The summed E-state index contributed by atoms with van der Waals surface area (Å²) in [7, 11) is -3.17. The molecule has 0 saturated carbocycles. The van der Waals surface area contributed by atoms with Crippen molar-refractivity contribution in [1.82, 2.24) is 15.2 Å². The van der Waals surface area contributed by atoms with E-state index in [1.807, 2.05) is 24.4 Å². The van der Waals surface area contributed by atoms with Crippen LogP contribution < -0.4 is 5.32 Å². The molecule has 5 nitrogen and oxygen atoms in total. The Morgan fingerprint density at radius 2 is 1.78 bits per heavy atom. The van der Waals surface area contributed by atoms with Gasteiger partial charge in [-0.25, -0.2) is 8.42 Å². The van der Waals surface area contributed by atoms with Gasteiger partial charge in [0.15, 0.2) is 9.84 Å². The first-order valence-corrected chi connectivity index (χ1v) is 11.5. The molecule has 0 atom stereocenters. The van der Waals surface area contributed by atoms with Gasteiger partial charge in [-0.15, -0.1) is 0 Å². The highest BCUT2D eigenvalue weighted by molar-refractivity contribution is 7.90. The zero-order valence-electron chi connectivity index (χ0n) is 16.4. The predicted octanol–water partition coefficient (Wildman–Crippen LogP) is 3.11. The lowest BCUT2D eigenvalue weighted by Crippen LogP contribution is -2.45. The summed E-state index contributed by atoms with van der Waals surface area (Å²) < 4.78 is 23.2. The van der Waals surface area contributed by atoms with Gasteiger partial charge >= 0.3 is 0 Å². The summed E-state index contributed by atoms with van der Waals surface area (Å²) in [4.78, 5) is 7.51. The summed E-state index contributed by atoms with van der Waals surface area (Å²) in [5.41, 5.74) is 2.99. The zero-order valence-corrected chi connectivity index (χ0v) is 17.2. The number of pyridine rings is 1. The van der Waals surface area contributed by atoms with Gasteiger partial charge in [0.2, 0.25) is 0 Å². The summed E-state index contributed by atoms with van der Waals surface area (Å²) >= 11 is 0. The number of hydrogen-bond acceptors (Lipinski definition) is 5. The van der Waals surface area contributed by atoms with E-state index in [0.717, 1.165) is 30.9 Å². The number of hydrogen-bond donors (Lipinski definition) is 1. The molecule has 146 valence electrons. The van der Waals surface area contributed by atoms with Crippen LogP contribution in [0.2, 0.25) is 0 Å². The molecule has 1 N–H and O–H groups in total. The molecule has 1 aliphatic heterocycles. The molecule has 6 heteroatoms. The van der Waals surface area contributed by atoms with Crippen molar-refractivity contribution in [3.8, 4) is 11.3 Å². The molecule has 0 aliphatic carbocycles. The molecule has 0 unspecified atom stereocenters. The van der Waals surface area contributed by atoms with Crippen molar-refractivity contribution >= 4 is 9.84 Å². The number of nitrogens with one attached hydrogen (secondary N) is 1. The van der Waals surface area contributed by atoms with Crippen LogP contribution in [-0.2, 0) is 16.4 Å². The highest BCUT2D eigenvalue weighted by Crippen LogP contribution is 2.22. The van der Waals surface area contributed by atoms with Crippen LogP contribution >= 0.6 is 0 Å². The number of piperidine rings is 1. The molecule has 0 bridgehead atoms. The first-order chi connectivity index (χ1) is 12.8. The molecule has 1 aromatic heterocycles. The van der Waals surface area contributed by atoms with Crippen molar-refractivity contribution < 1.29 is 8.42 Å². The molecule has 2 aromatic rings. The van der Waals surface area contributed by atoms with Crippen LogP contribution in [0.15, 0.2) is 47.5 Å². The Kier molecular flexibility index (Phi) is 6.29. The van der Waals surface area contributed by atoms with Gasteiger partial charge in [-0.3, -0.25) is 9.88 Å². The Morgan fingerprint density at radius 1 is 1.11 bits per heavy atom. The maximum absolute atomic E-state index is 11.6. The summed E-state index contributed by atoms with van der Waals surface area (Å²) in [6, 6.07) is 12.2. The fraction of sp³-hybridized carbons (Fsp3) is 0.476. The Morgan fingerprint density at radius 3 is 2.30 bits per heavy atom. The Hall–Kier alpha value is -1.76. The highest BCUT2D eigenvalue weighted by atomic mass is 32.2. The third-order valence-corrected chi connectivity index (χ3v) is 6.34. The minimum absolute atomic E-state index is 0.331. The van der Waals surface area contributed by atoms with Crippen molar-refractivity contribution in [2.24, 2.45) is 0 Å². The van der Waals surface area contributed by atoms with Crippen molar-refractivity contribution in [2.45, 2.75) is 50.2 Å². The SMILES string of the molecule is CC(C)N(Cc1ccc(-c2ccc(S(C)(=O)=O)cc2)nc1)C1CCNCC1. The van der Waals surface area contributed by atoms with Crippen molar-refractivity contribution in [1.29, 1.82) is 0 Å². The number of rotatable bonds is 6. The number of benzene rings is 1. The molecule has 27 heavy (non-hydrogen) atoms. The predicted molar refractivity (Wildman–Crippen MR) is 109 cm³/mol. The smallest absolute Gasteiger partial charge is 0.175 e. The minimum Gasteiger partial charge on any atom is -0.317 e. The molecule has 0 radical (unpaired) electrons. The highest BCUT2D eigenvalue weighted by Gasteiger charge is 2.23. The topological polar surface area (TPSA) is 62.3 Å².